The van der Waals surface area contributed by atoms with Crippen LogP contribution in [-0.2, 0) is 0 Å². The Bertz CT molecular complexity index is 297. The van der Waals surface area contributed by atoms with Gasteiger partial charge in [-0.25, -0.2) is 8.78 Å². The van der Waals surface area contributed by atoms with Crippen LogP contribution in [0.4, 0.5) is 14.5 Å². The van der Waals surface area contributed by atoms with Crippen molar-refractivity contribution in [3.63, 3.8) is 0 Å². The zero-order chi connectivity index (χ0) is 10.7. The van der Waals surface area contributed by atoms with E-state index in [1.165, 1.54) is 6.92 Å². The van der Waals surface area contributed by atoms with Gasteiger partial charge in [-0.15, -0.1) is 0 Å². The molecule has 0 aromatic heterocycles. The molecule has 14 heavy (non-hydrogen) atoms. The highest BCUT2D eigenvalue weighted by molar-refractivity contribution is 6.35. The Morgan fingerprint density at radius 2 is 1.64 bits per heavy atom. The second kappa shape index (κ2) is 4.80. The highest BCUT2D eigenvalue weighted by atomic mass is 35.5. The van der Waals surface area contributed by atoms with Crippen molar-refractivity contribution in [2.24, 2.45) is 0 Å². The molecule has 0 aliphatic carbocycles. The van der Waals surface area contributed by atoms with Crippen molar-refractivity contribution in [3.8, 4) is 0 Å². The maximum atomic E-state index is 12.2. The second-order valence-corrected chi connectivity index (χ2v) is 3.80. The topological polar surface area (TPSA) is 12.0 Å². The van der Waals surface area contributed by atoms with Crippen LogP contribution >= 0.6 is 23.2 Å². The first-order chi connectivity index (χ1) is 6.49. The summed E-state index contributed by atoms with van der Waals surface area (Å²) in [5, 5.41) is 3.44. The highest BCUT2D eigenvalue weighted by Gasteiger charge is 2.14. The number of hydrogen-bond acceptors (Lipinski definition) is 1. The first-order valence-corrected chi connectivity index (χ1v) is 4.75. The SMILES string of the molecule is CC(Nc1cc(Cl)cc(Cl)c1)C(F)F. The third-order valence-electron chi connectivity index (χ3n) is 1.63. The molecule has 0 aliphatic rings. The van der Waals surface area contributed by atoms with Gasteiger partial charge in [-0.3, -0.25) is 0 Å². The van der Waals surface area contributed by atoms with Gasteiger partial charge in [0.25, 0.3) is 6.43 Å². The zero-order valence-electron chi connectivity index (χ0n) is 7.40. The van der Waals surface area contributed by atoms with Gasteiger partial charge in [0.05, 0.1) is 6.04 Å². The summed E-state index contributed by atoms with van der Waals surface area (Å²) in [5.41, 5.74) is 0.496. The number of alkyl halides is 2. The molecule has 1 unspecified atom stereocenters. The average Bonchev–Trinajstić information content (AvgIpc) is 2.01. The summed E-state index contributed by atoms with van der Waals surface area (Å²) >= 11 is 11.4. The van der Waals surface area contributed by atoms with Crippen molar-refractivity contribution in [3.05, 3.63) is 28.2 Å². The van der Waals surface area contributed by atoms with E-state index in [1.807, 2.05) is 0 Å². The van der Waals surface area contributed by atoms with Gasteiger partial charge in [-0.1, -0.05) is 23.2 Å². The molecule has 0 fully saturated rings. The quantitative estimate of drug-likeness (QED) is 0.839. The van der Waals surface area contributed by atoms with E-state index in [4.69, 9.17) is 23.2 Å². The molecule has 1 nitrogen and oxygen atoms in total. The van der Waals surface area contributed by atoms with Crippen LogP contribution in [-0.4, -0.2) is 12.5 Å². The predicted molar refractivity (Wildman–Crippen MR) is 55.6 cm³/mol. The Labute approximate surface area is 91.0 Å². The Hall–Kier alpha value is -0.540. The van der Waals surface area contributed by atoms with Crippen molar-refractivity contribution < 1.29 is 8.78 Å². The van der Waals surface area contributed by atoms with E-state index >= 15 is 0 Å². The van der Waals surface area contributed by atoms with E-state index in [9.17, 15) is 8.78 Å². The monoisotopic (exact) mass is 239 g/mol. The lowest BCUT2D eigenvalue weighted by atomic mass is 10.2. The summed E-state index contributed by atoms with van der Waals surface area (Å²) in [6, 6.07) is 3.71. The van der Waals surface area contributed by atoms with Gasteiger partial charge in [0, 0.05) is 15.7 Å². The van der Waals surface area contributed by atoms with E-state index in [-0.39, 0.29) is 0 Å². The lowest BCUT2D eigenvalue weighted by molar-refractivity contribution is 0.131. The predicted octanol–water partition coefficient (Wildman–Crippen LogP) is 4.06. The number of benzene rings is 1. The van der Waals surface area contributed by atoms with Crippen LogP contribution in [0.1, 0.15) is 6.92 Å². The van der Waals surface area contributed by atoms with E-state index in [0.717, 1.165) is 0 Å². The van der Waals surface area contributed by atoms with Crippen LogP contribution in [0.3, 0.4) is 0 Å². The molecular weight excluding hydrogens is 231 g/mol. The van der Waals surface area contributed by atoms with E-state index < -0.39 is 12.5 Å². The molecule has 0 bridgehead atoms. The first kappa shape index (κ1) is 11.5. The van der Waals surface area contributed by atoms with Gasteiger partial charge in [0.2, 0.25) is 0 Å². The average molecular weight is 240 g/mol. The number of nitrogens with one attached hydrogen (secondary N) is 1. The van der Waals surface area contributed by atoms with E-state index in [1.54, 1.807) is 18.2 Å². The lowest BCUT2D eigenvalue weighted by Crippen LogP contribution is -2.23. The van der Waals surface area contributed by atoms with Gasteiger partial charge in [-0.2, -0.15) is 0 Å². The standard InChI is InChI=1S/C9H9Cl2F2N/c1-5(9(12)13)14-8-3-6(10)2-7(11)4-8/h2-5,9,14H,1H3. The maximum absolute atomic E-state index is 12.2. The fourth-order valence-electron chi connectivity index (χ4n) is 0.963. The number of rotatable bonds is 3. The van der Waals surface area contributed by atoms with Crippen molar-refractivity contribution in [1.29, 1.82) is 0 Å². The van der Waals surface area contributed by atoms with Crippen LogP contribution in [0.5, 0.6) is 0 Å². The van der Waals surface area contributed by atoms with Crippen molar-refractivity contribution in [2.75, 3.05) is 5.32 Å². The summed E-state index contributed by atoms with van der Waals surface area (Å²) in [5.74, 6) is 0. The Morgan fingerprint density at radius 3 is 2.07 bits per heavy atom. The molecule has 0 saturated heterocycles. The molecule has 5 heteroatoms. The molecule has 0 radical (unpaired) electrons. The minimum Gasteiger partial charge on any atom is -0.377 e. The molecule has 1 rings (SSSR count). The minimum absolute atomic E-state index is 0.418. The maximum Gasteiger partial charge on any atom is 0.258 e. The molecule has 0 amide bonds. The summed E-state index contributed by atoms with van der Waals surface area (Å²) in [6.07, 6.45) is -2.42. The highest BCUT2D eigenvalue weighted by Crippen LogP contribution is 2.23. The van der Waals surface area contributed by atoms with Crippen LogP contribution in [0.25, 0.3) is 0 Å². The second-order valence-electron chi connectivity index (χ2n) is 2.93. The summed E-state index contributed by atoms with van der Waals surface area (Å²) < 4.78 is 24.4. The van der Waals surface area contributed by atoms with Crippen LogP contribution in [0, 0.1) is 0 Å². The zero-order valence-corrected chi connectivity index (χ0v) is 8.91. The molecule has 0 heterocycles. The third kappa shape index (κ3) is 3.31. The molecule has 78 valence electrons. The van der Waals surface area contributed by atoms with Gasteiger partial charge in [0.15, 0.2) is 0 Å². The number of anilines is 1. The third-order valence-corrected chi connectivity index (χ3v) is 2.07. The van der Waals surface area contributed by atoms with Crippen molar-refractivity contribution in [1.82, 2.24) is 0 Å². The van der Waals surface area contributed by atoms with E-state index in [2.05, 4.69) is 5.32 Å². The number of halogens is 4. The minimum atomic E-state index is -2.42. The summed E-state index contributed by atoms with van der Waals surface area (Å²) in [6.45, 7) is 1.39. The van der Waals surface area contributed by atoms with E-state index in [0.29, 0.717) is 15.7 Å². The van der Waals surface area contributed by atoms with Crippen LogP contribution in [0.2, 0.25) is 10.0 Å². The molecule has 1 aromatic rings. The number of hydrogen-bond donors (Lipinski definition) is 1. The Kier molecular flexibility index (Phi) is 3.96. The van der Waals surface area contributed by atoms with Crippen molar-refractivity contribution in [2.45, 2.75) is 19.4 Å². The van der Waals surface area contributed by atoms with Gasteiger partial charge in [0.1, 0.15) is 0 Å². The largest absolute Gasteiger partial charge is 0.377 e. The molecule has 0 spiro atoms. The molecular formula is C9H9Cl2F2N. The Balaban J connectivity index is 2.76. The van der Waals surface area contributed by atoms with Gasteiger partial charge < -0.3 is 5.32 Å². The molecule has 0 aliphatic heterocycles. The van der Waals surface area contributed by atoms with Crippen LogP contribution < -0.4 is 5.32 Å². The molecule has 1 aromatic carbocycles. The lowest BCUT2D eigenvalue weighted by Gasteiger charge is -2.14. The first-order valence-electron chi connectivity index (χ1n) is 4.00. The fraction of sp³-hybridized carbons (Fsp3) is 0.333. The smallest absolute Gasteiger partial charge is 0.258 e. The van der Waals surface area contributed by atoms with Gasteiger partial charge in [-0.05, 0) is 25.1 Å². The normalized spacial score (nSPS) is 13.0. The van der Waals surface area contributed by atoms with Gasteiger partial charge >= 0.3 is 0 Å². The van der Waals surface area contributed by atoms with Crippen LogP contribution in [0.15, 0.2) is 18.2 Å². The fourth-order valence-corrected chi connectivity index (χ4v) is 1.49. The van der Waals surface area contributed by atoms with Crippen molar-refractivity contribution >= 4 is 28.9 Å². The Morgan fingerprint density at radius 1 is 1.14 bits per heavy atom. The summed E-state index contributed by atoms with van der Waals surface area (Å²) in [7, 11) is 0. The molecule has 1 N–H and O–H groups in total. The molecule has 1 atom stereocenters. The summed E-state index contributed by atoms with van der Waals surface area (Å²) in [4.78, 5) is 0. The molecule has 0 saturated carbocycles.